The number of nitrogens with one attached hydrogen (secondary N) is 1. The second kappa shape index (κ2) is 9.63. The molecule has 0 radical (unpaired) electrons. The minimum Gasteiger partial charge on any atom is -0.359 e. The maximum atomic E-state index is 13.2. The summed E-state index contributed by atoms with van der Waals surface area (Å²) < 4.78 is 0. The molecular formula is C26H33N3O2. The zero-order valence-electron chi connectivity index (χ0n) is 18.5. The molecular weight excluding hydrogens is 386 g/mol. The average molecular weight is 420 g/mol. The van der Waals surface area contributed by atoms with Crippen molar-refractivity contribution in [2.24, 2.45) is 11.3 Å². The van der Waals surface area contributed by atoms with Gasteiger partial charge in [-0.05, 0) is 55.2 Å². The van der Waals surface area contributed by atoms with E-state index < -0.39 is 5.41 Å². The zero-order valence-corrected chi connectivity index (χ0v) is 18.5. The summed E-state index contributed by atoms with van der Waals surface area (Å²) in [5.74, 6) is 0.780. The Labute approximate surface area is 185 Å². The van der Waals surface area contributed by atoms with Gasteiger partial charge in [0.05, 0.1) is 5.41 Å². The lowest BCUT2D eigenvalue weighted by Gasteiger charge is -2.42. The van der Waals surface area contributed by atoms with Crippen LogP contribution in [0.4, 0.5) is 0 Å². The van der Waals surface area contributed by atoms with Crippen LogP contribution in [0.25, 0.3) is 11.1 Å². The average Bonchev–Trinajstić information content (AvgIpc) is 3.32. The Morgan fingerprint density at radius 2 is 1.94 bits per heavy atom. The first-order valence-corrected chi connectivity index (χ1v) is 11.6. The van der Waals surface area contributed by atoms with E-state index in [1.54, 1.807) is 13.2 Å². The van der Waals surface area contributed by atoms with E-state index in [4.69, 9.17) is 0 Å². The fraction of sp³-hybridized carbons (Fsp3) is 0.500. The first-order valence-electron chi connectivity index (χ1n) is 11.6. The number of benzene rings is 1. The molecule has 5 nitrogen and oxygen atoms in total. The number of nitrogens with zero attached hydrogens (tertiary/aromatic N) is 2. The van der Waals surface area contributed by atoms with Crippen LogP contribution in [0.5, 0.6) is 0 Å². The van der Waals surface area contributed by atoms with Crippen molar-refractivity contribution in [1.82, 2.24) is 15.2 Å². The van der Waals surface area contributed by atoms with Gasteiger partial charge < -0.3 is 10.2 Å². The molecule has 1 saturated carbocycles. The summed E-state index contributed by atoms with van der Waals surface area (Å²) in [6, 6.07) is 12.2. The fourth-order valence-electron chi connectivity index (χ4n) is 5.45. The zero-order chi connectivity index (χ0) is 21.7. The van der Waals surface area contributed by atoms with E-state index in [-0.39, 0.29) is 11.8 Å². The summed E-state index contributed by atoms with van der Waals surface area (Å²) in [6.45, 7) is 1.26. The van der Waals surface area contributed by atoms with Gasteiger partial charge in [0, 0.05) is 44.5 Å². The predicted molar refractivity (Wildman–Crippen MR) is 122 cm³/mol. The molecule has 1 aliphatic heterocycles. The van der Waals surface area contributed by atoms with Gasteiger partial charge in [-0.2, -0.15) is 0 Å². The molecule has 5 heteroatoms. The Bertz CT molecular complexity index is 908. The minimum absolute atomic E-state index is 0.0341. The van der Waals surface area contributed by atoms with E-state index in [9.17, 15) is 9.59 Å². The van der Waals surface area contributed by atoms with Crippen LogP contribution >= 0.6 is 0 Å². The molecule has 4 rings (SSSR count). The number of carbonyl (C=O) groups excluding carboxylic acids is 2. The second-order valence-electron chi connectivity index (χ2n) is 9.21. The number of carbonyl (C=O) groups is 2. The van der Waals surface area contributed by atoms with Gasteiger partial charge >= 0.3 is 0 Å². The van der Waals surface area contributed by atoms with Gasteiger partial charge in [-0.25, -0.2) is 0 Å². The molecule has 1 atom stereocenters. The summed E-state index contributed by atoms with van der Waals surface area (Å²) in [7, 11) is 1.70. The topological polar surface area (TPSA) is 62.3 Å². The molecule has 2 aromatic rings. The maximum Gasteiger partial charge on any atom is 0.228 e. The molecule has 1 N–H and O–H groups in total. The normalized spacial score (nSPS) is 21.8. The number of likely N-dealkylation sites (tertiary alicyclic amines) is 1. The van der Waals surface area contributed by atoms with E-state index in [2.05, 4.69) is 28.5 Å². The number of hydrogen-bond acceptors (Lipinski definition) is 3. The van der Waals surface area contributed by atoms with E-state index in [0.29, 0.717) is 25.3 Å². The van der Waals surface area contributed by atoms with E-state index in [1.165, 1.54) is 25.7 Å². The standard InChI is InChI=1S/C26H33N3O2/c1-27-25(31)26(13-7-15-29(19-26)24(30)16-20-8-2-3-9-20)17-21-10-4-5-12-23(21)22-11-6-14-28-18-22/h4-6,10-12,14,18,20H,2-3,7-9,13,15-17,19H2,1H3,(H,27,31)/t26-/m0/s1. The maximum absolute atomic E-state index is 13.2. The van der Waals surface area contributed by atoms with Gasteiger partial charge in [0.2, 0.25) is 11.8 Å². The van der Waals surface area contributed by atoms with Gasteiger partial charge in [-0.1, -0.05) is 43.2 Å². The second-order valence-corrected chi connectivity index (χ2v) is 9.21. The van der Waals surface area contributed by atoms with Gasteiger partial charge in [0.1, 0.15) is 0 Å². The molecule has 2 fully saturated rings. The summed E-state index contributed by atoms with van der Waals surface area (Å²) in [6.07, 6.45) is 11.4. The highest BCUT2D eigenvalue weighted by Crippen LogP contribution is 2.38. The highest BCUT2D eigenvalue weighted by Gasteiger charge is 2.43. The van der Waals surface area contributed by atoms with Crippen LogP contribution in [0, 0.1) is 11.3 Å². The minimum atomic E-state index is -0.601. The summed E-state index contributed by atoms with van der Waals surface area (Å²) >= 11 is 0. The lowest BCUT2D eigenvalue weighted by atomic mass is 9.73. The number of rotatable bonds is 6. The van der Waals surface area contributed by atoms with Crippen LogP contribution in [0.3, 0.4) is 0 Å². The number of amides is 2. The Morgan fingerprint density at radius 3 is 2.68 bits per heavy atom. The number of aromatic nitrogens is 1. The van der Waals surface area contributed by atoms with Crippen molar-refractivity contribution in [3.8, 4) is 11.1 Å². The monoisotopic (exact) mass is 419 g/mol. The van der Waals surface area contributed by atoms with Gasteiger partial charge in [-0.3, -0.25) is 14.6 Å². The van der Waals surface area contributed by atoms with Crippen molar-refractivity contribution in [2.45, 2.75) is 51.4 Å². The van der Waals surface area contributed by atoms with Gasteiger partial charge in [-0.15, -0.1) is 0 Å². The quantitative estimate of drug-likeness (QED) is 0.762. The Morgan fingerprint density at radius 1 is 1.13 bits per heavy atom. The van der Waals surface area contributed by atoms with Crippen LogP contribution in [0.1, 0.15) is 50.5 Å². The summed E-state index contributed by atoms with van der Waals surface area (Å²) in [4.78, 5) is 32.5. The molecule has 1 saturated heterocycles. The van der Waals surface area contributed by atoms with Crippen molar-refractivity contribution in [3.63, 3.8) is 0 Å². The first kappa shape index (κ1) is 21.5. The summed E-state index contributed by atoms with van der Waals surface area (Å²) in [5, 5.41) is 2.90. The van der Waals surface area contributed by atoms with Crippen molar-refractivity contribution in [1.29, 1.82) is 0 Å². The van der Waals surface area contributed by atoms with Crippen molar-refractivity contribution < 1.29 is 9.59 Å². The van der Waals surface area contributed by atoms with Gasteiger partial charge in [0.15, 0.2) is 0 Å². The van der Waals surface area contributed by atoms with Crippen molar-refractivity contribution in [2.75, 3.05) is 20.1 Å². The molecule has 2 heterocycles. The van der Waals surface area contributed by atoms with Crippen LogP contribution in [0.2, 0.25) is 0 Å². The molecule has 2 aliphatic rings. The number of piperidine rings is 1. The molecule has 164 valence electrons. The fourth-order valence-corrected chi connectivity index (χ4v) is 5.45. The summed E-state index contributed by atoms with van der Waals surface area (Å²) in [5.41, 5.74) is 2.68. The van der Waals surface area contributed by atoms with E-state index >= 15 is 0 Å². The van der Waals surface area contributed by atoms with Crippen molar-refractivity contribution >= 4 is 11.8 Å². The molecule has 0 unspecified atom stereocenters. The van der Waals surface area contributed by atoms with Gasteiger partial charge in [0.25, 0.3) is 0 Å². The Hall–Kier alpha value is -2.69. The SMILES string of the molecule is CNC(=O)[C@]1(Cc2ccccc2-c2cccnc2)CCCN(C(=O)CC2CCCC2)C1. The molecule has 2 amide bonds. The molecule has 1 aliphatic carbocycles. The molecule has 1 aromatic heterocycles. The highest BCUT2D eigenvalue weighted by molar-refractivity contribution is 5.85. The number of pyridine rings is 1. The third kappa shape index (κ3) is 4.81. The van der Waals surface area contributed by atoms with Crippen LogP contribution < -0.4 is 5.32 Å². The molecule has 1 aromatic carbocycles. The number of hydrogen-bond donors (Lipinski definition) is 1. The van der Waals surface area contributed by atoms with E-state index in [1.807, 2.05) is 29.3 Å². The predicted octanol–water partition coefficient (Wildman–Crippen LogP) is 4.23. The molecule has 31 heavy (non-hydrogen) atoms. The third-order valence-electron chi connectivity index (χ3n) is 7.10. The highest BCUT2D eigenvalue weighted by atomic mass is 16.2. The molecule has 0 bridgehead atoms. The van der Waals surface area contributed by atoms with Crippen molar-refractivity contribution in [3.05, 3.63) is 54.4 Å². The molecule has 0 spiro atoms. The van der Waals surface area contributed by atoms with Crippen LogP contribution in [-0.2, 0) is 16.0 Å². The largest absolute Gasteiger partial charge is 0.359 e. The third-order valence-corrected chi connectivity index (χ3v) is 7.10. The lowest BCUT2D eigenvalue weighted by molar-refractivity contribution is -0.141. The van der Waals surface area contributed by atoms with E-state index in [0.717, 1.165) is 36.1 Å². The van der Waals surface area contributed by atoms with Crippen LogP contribution in [0.15, 0.2) is 48.8 Å². The lowest BCUT2D eigenvalue weighted by Crippen LogP contribution is -2.54. The van der Waals surface area contributed by atoms with Crippen LogP contribution in [-0.4, -0.2) is 41.8 Å². The first-order chi connectivity index (χ1) is 15.1. The Balaban J connectivity index is 1.59. The smallest absolute Gasteiger partial charge is 0.228 e. The Kier molecular flexibility index (Phi) is 6.69.